The maximum Gasteiger partial charge on any atom is 0.311 e. The SMILES string of the molecule is C[Si](C)(C)O[Si](C)(C)O[Si](C)(C)CCCCCCCCCCOC=O. The molecule has 0 N–H and O–H groups in total. The van der Waals surface area contributed by atoms with Crippen LogP contribution in [0.15, 0.2) is 0 Å². The van der Waals surface area contributed by atoms with Crippen LogP contribution in [0.4, 0.5) is 0 Å². The maximum atomic E-state index is 10.0. The average Bonchev–Trinajstić information content (AvgIpc) is 2.40. The van der Waals surface area contributed by atoms with E-state index in [0.29, 0.717) is 13.1 Å². The fraction of sp³-hybridized carbons (Fsp3) is 0.944. The molecule has 0 aromatic carbocycles. The minimum atomic E-state index is -1.98. The molecule has 0 spiro atoms. The highest BCUT2D eigenvalue weighted by molar-refractivity contribution is 6.87. The number of unbranched alkanes of at least 4 members (excludes halogenated alkanes) is 7. The molecule has 4 nitrogen and oxygen atoms in total. The lowest BCUT2D eigenvalue weighted by atomic mass is 10.1. The molecule has 0 aliphatic rings. The molecule has 0 aromatic rings. The van der Waals surface area contributed by atoms with Crippen molar-refractivity contribution in [1.29, 1.82) is 0 Å². The molecule has 0 fully saturated rings. The van der Waals surface area contributed by atoms with Crippen molar-refractivity contribution < 1.29 is 17.8 Å². The van der Waals surface area contributed by atoms with Crippen LogP contribution in [0.2, 0.25) is 51.9 Å². The molecule has 0 aromatic heterocycles. The Morgan fingerprint density at radius 3 is 1.64 bits per heavy atom. The quantitative estimate of drug-likeness (QED) is 0.178. The molecule has 150 valence electrons. The lowest BCUT2D eigenvalue weighted by Crippen LogP contribution is -2.51. The molecule has 0 unspecified atom stereocenters. The number of rotatable bonds is 16. The van der Waals surface area contributed by atoms with Crippen molar-refractivity contribution in [2.24, 2.45) is 0 Å². The Labute approximate surface area is 159 Å². The summed E-state index contributed by atoms with van der Waals surface area (Å²) in [5.74, 6) is 0. The van der Waals surface area contributed by atoms with Crippen LogP contribution in [-0.4, -0.2) is 38.3 Å². The monoisotopic (exact) mass is 406 g/mol. The Morgan fingerprint density at radius 1 is 0.680 bits per heavy atom. The van der Waals surface area contributed by atoms with E-state index in [9.17, 15) is 4.79 Å². The molecule has 0 heterocycles. The van der Waals surface area contributed by atoms with Crippen LogP contribution in [0.25, 0.3) is 0 Å². The summed E-state index contributed by atoms with van der Waals surface area (Å²) in [7, 11) is -5.13. The molecule has 0 saturated carbocycles. The van der Waals surface area contributed by atoms with Gasteiger partial charge in [-0.2, -0.15) is 0 Å². The third-order valence-corrected chi connectivity index (χ3v) is 14.1. The number of carbonyl (C=O) groups excluding carboxylic acids is 1. The lowest BCUT2D eigenvalue weighted by Gasteiger charge is -2.37. The van der Waals surface area contributed by atoms with Crippen molar-refractivity contribution in [1.82, 2.24) is 0 Å². The van der Waals surface area contributed by atoms with Crippen molar-refractivity contribution >= 4 is 31.7 Å². The predicted octanol–water partition coefficient (Wildman–Crippen LogP) is 6.06. The molecule has 0 saturated heterocycles. The maximum absolute atomic E-state index is 10.0. The molecule has 25 heavy (non-hydrogen) atoms. The highest BCUT2D eigenvalue weighted by Crippen LogP contribution is 2.24. The molecule has 0 bridgehead atoms. The first-order valence-electron chi connectivity index (χ1n) is 9.93. The smallest absolute Gasteiger partial charge is 0.311 e. The summed E-state index contributed by atoms with van der Waals surface area (Å²) in [6.07, 6.45) is 9.93. The first-order valence-corrected chi connectivity index (χ1v) is 19.3. The number of ether oxygens (including phenoxy) is 1. The van der Waals surface area contributed by atoms with Gasteiger partial charge in [0.2, 0.25) is 0 Å². The van der Waals surface area contributed by atoms with Crippen molar-refractivity contribution in [3.63, 3.8) is 0 Å². The Morgan fingerprint density at radius 2 is 1.16 bits per heavy atom. The largest absolute Gasteiger partial charge is 0.468 e. The second-order valence-electron chi connectivity index (χ2n) is 9.02. The number of carbonyl (C=O) groups is 1. The summed E-state index contributed by atoms with van der Waals surface area (Å²) in [6, 6.07) is 1.24. The van der Waals surface area contributed by atoms with E-state index in [4.69, 9.17) is 13.0 Å². The van der Waals surface area contributed by atoms with Crippen LogP contribution in [-0.2, 0) is 17.8 Å². The molecule has 0 aliphatic heterocycles. The zero-order valence-electron chi connectivity index (χ0n) is 17.8. The van der Waals surface area contributed by atoms with Gasteiger partial charge in [0.1, 0.15) is 0 Å². The summed E-state index contributed by atoms with van der Waals surface area (Å²) in [6.45, 7) is 17.0. The van der Waals surface area contributed by atoms with E-state index >= 15 is 0 Å². The van der Waals surface area contributed by atoms with Crippen molar-refractivity contribution in [3.8, 4) is 0 Å². The summed E-state index contributed by atoms with van der Waals surface area (Å²) in [5.41, 5.74) is 0. The van der Waals surface area contributed by atoms with E-state index in [-0.39, 0.29) is 0 Å². The number of hydrogen-bond donors (Lipinski definition) is 0. The normalized spacial score (nSPS) is 13.1. The van der Waals surface area contributed by atoms with Crippen molar-refractivity contribution in [3.05, 3.63) is 0 Å². The van der Waals surface area contributed by atoms with Gasteiger partial charge in [-0.15, -0.1) is 0 Å². The third-order valence-electron chi connectivity index (χ3n) is 3.93. The van der Waals surface area contributed by atoms with Gasteiger partial charge in [-0.3, -0.25) is 4.79 Å². The van der Waals surface area contributed by atoms with E-state index in [1.807, 2.05) is 0 Å². The van der Waals surface area contributed by atoms with Gasteiger partial charge in [-0.05, 0) is 58.3 Å². The zero-order chi connectivity index (χ0) is 19.4. The summed E-state index contributed by atoms with van der Waals surface area (Å²) in [5, 5.41) is 0. The second kappa shape index (κ2) is 12.4. The van der Waals surface area contributed by atoms with Gasteiger partial charge in [0.15, 0.2) is 16.6 Å². The summed E-state index contributed by atoms with van der Waals surface area (Å²) in [4.78, 5) is 10.0. The van der Waals surface area contributed by atoms with Crippen LogP contribution < -0.4 is 0 Å². The molecule has 0 rings (SSSR count). The summed E-state index contributed by atoms with van der Waals surface area (Å²) >= 11 is 0. The van der Waals surface area contributed by atoms with Crippen LogP contribution in [0.3, 0.4) is 0 Å². The van der Waals surface area contributed by atoms with E-state index in [2.05, 4.69) is 45.8 Å². The minimum Gasteiger partial charge on any atom is -0.468 e. The van der Waals surface area contributed by atoms with Crippen LogP contribution >= 0.6 is 0 Å². The standard InChI is InChI=1S/C18H42O4Si3/c1-23(2,3)21-25(6,7)22-24(4,5)17-15-13-11-9-8-10-12-14-16-20-18-19/h18H,8-17H2,1-7H3. The fourth-order valence-electron chi connectivity index (χ4n) is 3.32. The first kappa shape index (κ1) is 25.0. The molecular formula is C18H42O4Si3. The van der Waals surface area contributed by atoms with E-state index in [1.165, 1.54) is 51.0 Å². The molecule has 0 atom stereocenters. The second-order valence-corrected chi connectivity index (χ2v) is 21.7. The number of hydrogen-bond acceptors (Lipinski definition) is 4. The van der Waals surface area contributed by atoms with Crippen LogP contribution in [0.5, 0.6) is 0 Å². The predicted molar refractivity (Wildman–Crippen MR) is 114 cm³/mol. The van der Waals surface area contributed by atoms with Crippen molar-refractivity contribution in [2.45, 2.75) is 103 Å². The zero-order valence-corrected chi connectivity index (χ0v) is 20.8. The van der Waals surface area contributed by atoms with E-state index in [0.717, 1.165) is 6.42 Å². The van der Waals surface area contributed by atoms with Crippen LogP contribution in [0, 0.1) is 0 Å². The fourth-order valence-corrected chi connectivity index (χ4v) is 16.6. The Hall–Kier alpha value is 0.0406. The van der Waals surface area contributed by atoms with Gasteiger partial charge in [0.25, 0.3) is 6.47 Å². The average molecular weight is 407 g/mol. The minimum absolute atomic E-state index is 0.537. The van der Waals surface area contributed by atoms with Gasteiger partial charge >= 0.3 is 8.56 Å². The van der Waals surface area contributed by atoms with Gasteiger partial charge in [-0.25, -0.2) is 0 Å². The van der Waals surface area contributed by atoms with Gasteiger partial charge in [0, 0.05) is 0 Å². The van der Waals surface area contributed by atoms with Gasteiger partial charge < -0.3 is 13.0 Å². The molecule has 0 aliphatic carbocycles. The lowest BCUT2D eigenvalue weighted by molar-refractivity contribution is -0.128. The van der Waals surface area contributed by atoms with E-state index < -0.39 is 25.2 Å². The van der Waals surface area contributed by atoms with Crippen molar-refractivity contribution in [2.75, 3.05) is 6.61 Å². The van der Waals surface area contributed by atoms with Gasteiger partial charge in [-0.1, -0.05) is 44.9 Å². The summed E-state index contributed by atoms with van der Waals surface area (Å²) < 4.78 is 17.6. The highest BCUT2D eigenvalue weighted by atomic mass is 28.5. The molecule has 0 amide bonds. The van der Waals surface area contributed by atoms with Gasteiger partial charge in [0.05, 0.1) is 6.61 Å². The highest BCUT2D eigenvalue weighted by Gasteiger charge is 2.37. The Bertz CT molecular complexity index is 355. The molecule has 7 heteroatoms. The first-order chi connectivity index (χ1) is 11.5. The Balaban J connectivity index is 3.73. The molecular weight excluding hydrogens is 364 g/mol. The molecule has 0 radical (unpaired) electrons. The third kappa shape index (κ3) is 17.2. The van der Waals surface area contributed by atoms with E-state index in [1.54, 1.807) is 0 Å². The topological polar surface area (TPSA) is 44.8 Å². The Kier molecular flexibility index (Phi) is 12.5. The van der Waals surface area contributed by atoms with Crippen LogP contribution in [0.1, 0.15) is 51.4 Å².